The minimum atomic E-state index is 0.789. The monoisotopic (exact) mass is 368 g/mol. The summed E-state index contributed by atoms with van der Waals surface area (Å²) in [4.78, 5) is 10.1. The summed E-state index contributed by atoms with van der Waals surface area (Å²) in [5.41, 5.74) is 1.18. The van der Waals surface area contributed by atoms with Crippen molar-refractivity contribution in [3.63, 3.8) is 0 Å². The molecule has 2 rings (SSSR count). The van der Waals surface area contributed by atoms with Gasteiger partial charge in [-0.3, -0.25) is 0 Å². The molecule has 4 nitrogen and oxygen atoms in total. The number of anilines is 2. The second-order valence-corrected chi connectivity index (χ2v) is 7.33. The lowest BCUT2D eigenvalue weighted by atomic mass is 10.1. The number of thiophene rings is 1. The van der Waals surface area contributed by atoms with Gasteiger partial charge in [0.05, 0.1) is 10.3 Å². The molecule has 0 fully saturated rings. The number of hydrogen-bond acceptors (Lipinski definition) is 5. The third-order valence-electron chi connectivity index (χ3n) is 3.05. The lowest BCUT2D eigenvalue weighted by molar-refractivity contribution is 0.887. The zero-order valence-corrected chi connectivity index (χ0v) is 14.9. The fraction of sp³-hybridized carbons (Fsp3) is 0.467. The maximum Gasteiger partial charge on any atom is 0.135 e. The van der Waals surface area contributed by atoms with Crippen LogP contribution in [0.4, 0.5) is 11.6 Å². The Hall–Kier alpha value is -1.14. The molecule has 0 radical (unpaired) electrons. The Labute approximate surface area is 138 Å². The summed E-state index contributed by atoms with van der Waals surface area (Å²) in [6, 6.07) is 4.20. The molecule has 0 bridgehead atoms. The van der Waals surface area contributed by atoms with Crippen molar-refractivity contribution in [2.45, 2.75) is 39.7 Å². The first kappa shape index (κ1) is 16.2. The minimum absolute atomic E-state index is 0.789. The van der Waals surface area contributed by atoms with Crippen molar-refractivity contribution in [3.8, 4) is 0 Å². The molecule has 0 saturated carbocycles. The van der Waals surface area contributed by atoms with Crippen LogP contribution in [0.2, 0.25) is 0 Å². The second kappa shape index (κ2) is 8.34. The van der Waals surface area contributed by atoms with E-state index in [4.69, 9.17) is 0 Å². The third-order valence-corrected chi connectivity index (χ3v) is 4.67. The van der Waals surface area contributed by atoms with Crippen LogP contribution in [0.15, 0.2) is 22.2 Å². The first-order chi connectivity index (χ1) is 10.2. The SMILES string of the molecule is CCCNc1ncnc(NCc2ccc(Br)s2)c1CCC. The summed E-state index contributed by atoms with van der Waals surface area (Å²) in [5.74, 6) is 1.90. The van der Waals surface area contributed by atoms with E-state index in [0.717, 1.165) is 47.8 Å². The molecule has 21 heavy (non-hydrogen) atoms. The summed E-state index contributed by atoms with van der Waals surface area (Å²) < 4.78 is 1.15. The largest absolute Gasteiger partial charge is 0.370 e. The maximum absolute atomic E-state index is 4.42. The van der Waals surface area contributed by atoms with Crippen LogP contribution in [0.3, 0.4) is 0 Å². The first-order valence-corrected chi connectivity index (χ1v) is 8.91. The van der Waals surface area contributed by atoms with Gasteiger partial charge >= 0.3 is 0 Å². The molecule has 0 aliphatic carbocycles. The summed E-state index contributed by atoms with van der Waals surface area (Å²) in [7, 11) is 0. The van der Waals surface area contributed by atoms with E-state index in [1.807, 2.05) is 0 Å². The number of aromatic nitrogens is 2. The molecule has 2 heterocycles. The smallest absolute Gasteiger partial charge is 0.135 e. The number of nitrogens with zero attached hydrogens (tertiary/aromatic N) is 2. The fourth-order valence-electron chi connectivity index (χ4n) is 2.06. The molecule has 2 N–H and O–H groups in total. The molecule has 2 aromatic rings. The number of nitrogens with one attached hydrogen (secondary N) is 2. The zero-order valence-electron chi connectivity index (χ0n) is 12.4. The molecule has 0 spiro atoms. The molecule has 2 aromatic heterocycles. The van der Waals surface area contributed by atoms with E-state index in [2.05, 4.69) is 62.5 Å². The third kappa shape index (κ3) is 4.68. The van der Waals surface area contributed by atoms with Crippen molar-refractivity contribution < 1.29 is 0 Å². The minimum Gasteiger partial charge on any atom is -0.370 e. The highest BCUT2D eigenvalue weighted by atomic mass is 79.9. The Morgan fingerprint density at radius 2 is 1.86 bits per heavy atom. The summed E-state index contributed by atoms with van der Waals surface area (Å²) in [6.45, 7) is 6.06. The molecule has 0 atom stereocenters. The molecular weight excluding hydrogens is 348 g/mol. The van der Waals surface area contributed by atoms with Crippen molar-refractivity contribution >= 4 is 38.9 Å². The van der Waals surface area contributed by atoms with Gasteiger partial charge in [0.25, 0.3) is 0 Å². The van der Waals surface area contributed by atoms with Crippen LogP contribution in [0.1, 0.15) is 37.1 Å². The Balaban J connectivity index is 2.12. The lowest BCUT2D eigenvalue weighted by Gasteiger charge is -2.14. The van der Waals surface area contributed by atoms with Crippen molar-refractivity contribution in [3.05, 3.63) is 32.7 Å². The van der Waals surface area contributed by atoms with Gasteiger partial charge in [-0.05, 0) is 40.9 Å². The van der Waals surface area contributed by atoms with Crippen molar-refractivity contribution in [1.29, 1.82) is 0 Å². The second-order valence-electron chi connectivity index (χ2n) is 4.79. The predicted octanol–water partition coefficient (Wildman–Crippen LogP) is 4.69. The Morgan fingerprint density at radius 1 is 1.10 bits per heavy atom. The molecule has 0 amide bonds. The molecule has 0 saturated heterocycles. The Morgan fingerprint density at radius 3 is 2.48 bits per heavy atom. The van der Waals surface area contributed by atoms with E-state index >= 15 is 0 Å². The van der Waals surface area contributed by atoms with Gasteiger partial charge in [-0.25, -0.2) is 9.97 Å². The molecule has 6 heteroatoms. The van der Waals surface area contributed by atoms with Gasteiger partial charge in [0.15, 0.2) is 0 Å². The van der Waals surface area contributed by atoms with E-state index in [1.54, 1.807) is 17.7 Å². The van der Waals surface area contributed by atoms with Crippen LogP contribution in [0.5, 0.6) is 0 Å². The highest BCUT2D eigenvalue weighted by Crippen LogP contribution is 2.25. The van der Waals surface area contributed by atoms with E-state index in [9.17, 15) is 0 Å². The standard InChI is InChI=1S/C15H21BrN4S/c1-3-5-12-14(17-8-4-2)19-10-20-15(12)18-9-11-6-7-13(16)21-11/h6-7,10H,3-5,8-9H2,1-2H3,(H2,17,18,19,20). The van der Waals surface area contributed by atoms with E-state index in [-0.39, 0.29) is 0 Å². The summed E-state index contributed by atoms with van der Waals surface area (Å²) in [6.07, 6.45) is 4.77. The van der Waals surface area contributed by atoms with Crippen LogP contribution in [0, 0.1) is 0 Å². The highest BCUT2D eigenvalue weighted by Gasteiger charge is 2.10. The molecule has 0 aliphatic heterocycles. The van der Waals surface area contributed by atoms with Crippen molar-refractivity contribution in [1.82, 2.24) is 9.97 Å². The Kier molecular flexibility index (Phi) is 6.45. The van der Waals surface area contributed by atoms with Gasteiger partial charge in [-0.1, -0.05) is 20.3 Å². The highest BCUT2D eigenvalue weighted by molar-refractivity contribution is 9.11. The molecule has 0 aromatic carbocycles. The van der Waals surface area contributed by atoms with Crippen LogP contribution in [-0.4, -0.2) is 16.5 Å². The van der Waals surface area contributed by atoms with Crippen LogP contribution in [-0.2, 0) is 13.0 Å². The van der Waals surface area contributed by atoms with E-state index < -0.39 is 0 Å². The van der Waals surface area contributed by atoms with Gasteiger partial charge < -0.3 is 10.6 Å². The summed E-state index contributed by atoms with van der Waals surface area (Å²) in [5, 5.41) is 6.84. The number of halogens is 1. The van der Waals surface area contributed by atoms with E-state index in [0.29, 0.717) is 0 Å². The predicted molar refractivity (Wildman–Crippen MR) is 94.2 cm³/mol. The maximum atomic E-state index is 4.42. The molecule has 0 unspecified atom stereocenters. The van der Waals surface area contributed by atoms with E-state index in [1.165, 1.54) is 10.4 Å². The first-order valence-electron chi connectivity index (χ1n) is 7.30. The van der Waals surface area contributed by atoms with Gasteiger partial charge in [0.2, 0.25) is 0 Å². The quantitative estimate of drug-likeness (QED) is 0.709. The van der Waals surface area contributed by atoms with Crippen LogP contribution < -0.4 is 10.6 Å². The molecular formula is C15H21BrN4S. The van der Waals surface area contributed by atoms with Gasteiger partial charge in [-0.2, -0.15) is 0 Å². The van der Waals surface area contributed by atoms with Crippen molar-refractivity contribution in [2.75, 3.05) is 17.2 Å². The van der Waals surface area contributed by atoms with Gasteiger partial charge in [0.1, 0.15) is 18.0 Å². The molecule has 0 aliphatic rings. The fourth-order valence-corrected chi connectivity index (χ4v) is 3.49. The topological polar surface area (TPSA) is 49.8 Å². The number of rotatable bonds is 8. The average molecular weight is 369 g/mol. The van der Waals surface area contributed by atoms with Gasteiger partial charge in [-0.15, -0.1) is 11.3 Å². The van der Waals surface area contributed by atoms with Gasteiger partial charge in [0, 0.05) is 17.0 Å². The number of hydrogen-bond donors (Lipinski definition) is 2. The van der Waals surface area contributed by atoms with Crippen LogP contribution in [0.25, 0.3) is 0 Å². The summed E-state index contributed by atoms with van der Waals surface area (Å²) >= 11 is 5.23. The lowest BCUT2D eigenvalue weighted by Crippen LogP contribution is -2.10. The van der Waals surface area contributed by atoms with Crippen LogP contribution >= 0.6 is 27.3 Å². The average Bonchev–Trinajstić information content (AvgIpc) is 2.90. The van der Waals surface area contributed by atoms with Crippen molar-refractivity contribution in [2.24, 2.45) is 0 Å². The molecule has 114 valence electrons. The normalized spacial score (nSPS) is 10.6. The zero-order chi connectivity index (χ0) is 15.1. The Bertz CT molecular complexity index is 571.